The zero-order valence-electron chi connectivity index (χ0n) is 16.3. The Morgan fingerprint density at radius 3 is 1.89 bits per heavy atom. The van der Waals surface area contributed by atoms with Crippen molar-refractivity contribution < 1.29 is 9.94 Å². The van der Waals surface area contributed by atoms with E-state index in [2.05, 4.69) is 20.6 Å². The Bertz CT molecular complexity index is 1060. The molecule has 0 radical (unpaired) electrons. The number of hydrogen-bond acceptors (Lipinski definition) is 6. The van der Waals surface area contributed by atoms with Crippen LogP contribution in [0.5, 0.6) is 11.5 Å². The number of aromatic hydroxyl groups is 1. The maximum atomic E-state index is 10.2. The maximum Gasteiger partial charge on any atom is 0.191 e. The predicted molar refractivity (Wildman–Crippen MR) is 109 cm³/mol. The zero-order chi connectivity index (χ0) is 20.1. The van der Waals surface area contributed by atoms with Crippen LogP contribution in [0, 0.1) is 27.7 Å². The number of hydrogen-bond donors (Lipinski definition) is 1. The maximum absolute atomic E-state index is 10.2. The summed E-state index contributed by atoms with van der Waals surface area (Å²) < 4.78 is 0. The van der Waals surface area contributed by atoms with Gasteiger partial charge in [0.05, 0.1) is 11.4 Å². The number of phenols is 1. The molecule has 6 heteroatoms. The van der Waals surface area contributed by atoms with E-state index < -0.39 is 0 Å². The molecule has 0 heterocycles. The standard InChI is InChI=1S/C22H22N4O2/c1-14-8-5-10-18(16(14)3)23-25-22-20(27)12-7-13-21(22)28-26-24-19-11-6-9-15(2)17(19)4/h5-13,27H,1-4H3. The van der Waals surface area contributed by atoms with Crippen molar-refractivity contribution in [1.29, 1.82) is 0 Å². The van der Waals surface area contributed by atoms with E-state index in [-0.39, 0.29) is 17.2 Å². The van der Waals surface area contributed by atoms with Crippen LogP contribution in [0.2, 0.25) is 0 Å². The molecule has 0 aliphatic heterocycles. The molecule has 3 aromatic carbocycles. The Kier molecular flexibility index (Phi) is 5.79. The number of rotatable bonds is 5. The first-order valence-corrected chi connectivity index (χ1v) is 8.91. The zero-order valence-corrected chi connectivity index (χ0v) is 16.3. The summed E-state index contributed by atoms with van der Waals surface area (Å²) in [5.74, 6) is 0.219. The van der Waals surface area contributed by atoms with E-state index in [9.17, 15) is 5.11 Å². The molecule has 0 spiro atoms. The van der Waals surface area contributed by atoms with Crippen LogP contribution < -0.4 is 4.84 Å². The molecule has 0 aliphatic rings. The second kappa shape index (κ2) is 8.43. The molecule has 1 N–H and O–H groups in total. The molecule has 3 rings (SSSR count). The Morgan fingerprint density at radius 2 is 1.25 bits per heavy atom. The van der Waals surface area contributed by atoms with Crippen molar-refractivity contribution in [2.45, 2.75) is 27.7 Å². The minimum absolute atomic E-state index is 0.0477. The highest BCUT2D eigenvalue weighted by Crippen LogP contribution is 2.38. The lowest BCUT2D eigenvalue weighted by Crippen LogP contribution is -1.84. The molecule has 0 saturated carbocycles. The van der Waals surface area contributed by atoms with Crippen molar-refractivity contribution in [1.82, 2.24) is 0 Å². The van der Waals surface area contributed by atoms with Crippen molar-refractivity contribution >= 4 is 17.1 Å². The minimum Gasteiger partial charge on any atom is -0.505 e. The van der Waals surface area contributed by atoms with Gasteiger partial charge in [-0.1, -0.05) is 30.3 Å². The molecule has 6 nitrogen and oxygen atoms in total. The lowest BCUT2D eigenvalue weighted by atomic mass is 10.1. The first kappa shape index (κ1) is 19.2. The third-order valence-corrected chi connectivity index (χ3v) is 4.68. The van der Waals surface area contributed by atoms with Crippen LogP contribution in [0.25, 0.3) is 0 Å². The van der Waals surface area contributed by atoms with Gasteiger partial charge in [0.15, 0.2) is 11.4 Å². The third-order valence-electron chi connectivity index (χ3n) is 4.68. The van der Waals surface area contributed by atoms with Crippen LogP contribution in [0.1, 0.15) is 22.3 Å². The second-order valence-corrected chi connectivity index (χ2v) is 6.53. The number of azo groups is 1. The Morgan fingerprint density at radius 1 is 0.679 bits per heavy atom. The number of benzene rings is 3. The summed E-state index contributed by atoms with van der Waals surface area (Å²) in [7, 11) is 0. The third kappa shape index (κ3) is 4.23. The summed E-state index contributed by atoms with van der Waals surface area (Å²) in [6.07, 6.45) is 0. The normalized spacial score (nSPS) is 11.4. The monoisotopic (exact) mass is 374 g/mol. The molecule has 0 atom stereocenters. The van der Waals surface area contributed by atoms with Crippen LogP contribution in [0.15, 0.2) is 75.2 Å². The highest BCUT2D eigenvalue weighted by molar-refractivity contribution is 5.61. The van der Waals surface area contributed by atoms with Gasteiger partial charge >= 0.3 is 0 Å². The SMILES string of the molecule is Cc1cccc(N=NOc2cccc(O)c2N=Nc2cccc(C)c2C)c1C. The van der Waals surface area contributed by atoms with E-state index in [1.807, 2.05) is 64.1 Å². The van der Waals surface area contributed by atoms with E-state index in [0.717, 1.165) is 33.6 Å². The molecule has 3 aromatic rings. The average molecular weight is 374 g/mol. The molecule has 0 amide bonds. The summed E-state index contributed by atoms with van der Waals surface area (Å²) in [6.45, 7) is 7.97. The van der Waals surface area contributed by atoms with E-state index in [0.29, 0.717) is 0 Å². The van der Waals surface area contributed by atoms with Gasteiger partial charge < -0.3 is 9.94 Å². The van der Waals surface area contributed by atoms with Gasteiger partial charge in [-0.15, -0.1) is 10.2 Å². The fourth-order valence-corrected chi connectivity index (χ4v) is 2.59. The molecule has 0 aromatic heterocycles. The summed E-state index contributed by atoms with van der Waals surface area (Å²) in [6, 6.07) is 16.4. The smallest absolute Gasteiger partial charge is 0.191 e. The minimum atomic E-state index is -0.0477. The summed E-state index contributed by atoms with van der Waals surface area (Å²) in [5.41, 5.74) is 5.94. The number of nitrogens with zero attached hydrogens (tertiary/aromatic N) is 4. The molecular formula is C22H22N4O2. The van der Waals surface area contributed by atoms with Crippen molar-refractivity contribution in [2.75, 3.05) is 0 Å². The fourth-order valence-electron chi connectivity index (χ4n) is 2.59. The van der Waals surface area contributed by atoms with Crippen molar-refractivity contribution in [3.05, 3.63) is 76.9 Å². The van der Waals surface area contributed by atoms with Crippen molar-refractivity contribution in [3.8, 4) is 11.5 Å². The molecule has 142 valence electrons. The molecule has 0 unspecified atom stereocenters. The van der Waals surface area contributed by atoms with Gasteiger partial charge in [-0.05, 0) is 74.2 Å². The summed E-state index contributed by atoms with van der Waals surface area (Å²) in [5, 5.41) is 26.6. The lowest BCUT2D eigenvalue weighted by molar-refractivity contribution is 0.312. The van der Waals surface area contributed by atoms with Gasteiger partial charge in [0.25, 0.3) is 0 Å². The number of aryl methyl sites for hydroxylation is 2. The molecular weight excluding hydrogens is 352 g/mol. The Hall–Kier alpha value is -3.54. The average Bonchev–Trinajstić information content (AvgIpc) is 2.67. The van der Waals surface area contributed by atoms with Gasteiger partial charge in [-0.3, -0.25) is 0 Å². The predicted octanol–water partition coefficient (Wildman–Crippen LogP) is 7.12. The van der Waals surface area contributed by atoms with Gasteiger partial charge in [0.1, 0.15) is 5.75 Å². The molecule has 0 aliphatic carbocycles. The van der Waals surface area contributed by atoms with Gasteiger partial charge in [-0.2, -0.15) is 5.11 Å². The topological polar surface area (TPSA) is 78.9 Å². The van der Waals surface area contributed by atoms with E-state index in [4.69, 9.17) is 4.84 Å². The highest BCUT2D eigenvalue weighted by Gasteiger charge is 2.10. The van der Waals surface area contributed by atoms with E-state index in [1.54, 1.807) is 12.1 Å². The fraction of sp³-hybridized carbons (Fsp3) is 0.182. The lowest BCUT2D eigenvalue weighted by Gasteiger charge is -2.05. The first-order chi connectivity index (χ1) is 13.5. The van der Waals surface area contributed by atoms with Crippen LogP contribution in [-0.4, -0.2) is 5.11 Å². The quantitative estimate of drug-likeness (QED) is 0.381. The Labute approximate surface area is 164 Å². The molecule has 0 saturated heterocycles. The molecule has 0 fully saturated rings. The van der Waals surface area contributed by atoms with Crippen LogP contribution in [0.4, 0.5) is 17.1 Å². The molecule has 0 bridgehead atoms. The largest absolute Gasteiger partial charge is 0.505 e. The van der Waals surface area contributed by atoms with Crippen LogP contribution in [-0.2, 0) is 0 Å². The number of phenolic OH excluding ortho intramolecular Hbond substituents is 1. The second-order valence-electron chi connectivity index (χ2n) is 6.53. The van der Waals surface area contributed by atoms with E-state index >= 15 is 0 Å². The van der Waals surface area contributed by atoms with Crippen LogP contribution >= 0.6 is 0 Å². The first-order valence-electron chi connectivity index (χ1n) is 8.91. The van der Waals surface area contributed by atoms with Gasteiger partial charge in [0.2, 0.25) is 0 Å². The van der Waals surface area contributed by atoms with Crippen molar-refractivity contribution in [2.24, 2.45) is 20.6 Å². The van der Waals surface area contributed by atoms with Crippen molar-refractivity contribution in [3.63, 3.8) is 0 Å². The van der Waals surface area contributed by atoms with E-state index in [1.165, 1.54) is 6.07 Å². The highest BCUT2D eigenvalue weighted by atomic mass is 16.6. The van der Waals surface area contributed by atoms with Crippen LogP contribution in [0.3, 0.4) is 0 Å². The Balaban J connectivity index is 1.86. The summed E-state index contributed by atoms with van der Waals surface area (Å²) in [4.78, 5) is 5.40. The summed E-state index contributed by atoms with van der Waals surface area (Å²) >= 11 is 0. The van der Waals surface area contributed by atoms with Gasteiger partial charge in [0, 0.05) is 5.28 Å². The van der Waals surface area contributed by atoms with Gasteiger partial charge in [-0.25, -0.2) is 0 Å². The molecule has 28 heavy (non-hydrogen) atoms.